The SMILES string of the molecule is CCOc1ccccc1Nc1nn(C)cc1N. The highest BCUT2D eigenvalue weighted by Gasteiger charge is 2.07. The van der Waals surface area contributed by atoms with Crippen LogP contribution in [0.25, 0.3) is 0 Å². The first-order valence-electron chi connectivity index (χ1n) is 5.48. The molecule has 5 heteroatoms. The van der Waals surface area contributed by atoms with Crippen molar-refractivity contribution in [2.45, 2.75) is 6.92 Å². The van der Waals surface area contributed by atoms with Crippen LogP contribution in [-0.2, 0) is 7.05 Å². The standard InChI is InChI=1S/C12H16N4O/c1-3-17-11-7-5-4-6-10(11)14-12-9(13)8-16(2)15-12/h4-8H,3,13H2,1-2H3,(H,14,15). The van der Waals surface area contributed by atoms with E-state index in [1.807, 2.05) is 38.2 Å². The number of rotatable bonds is 4. The van der Waals surface area contributed by atoms with E-state index in [1.54, 1.807) is 10.9 Å². The average molecular weight is 232 g/mol. The third-order valence-corrected chi connectivity index (χ3v) is 2.30. The zero-order chi connectivity index (χ0) is 12.3. The molecule has 0 amide bonds. The Morgan fingerprint density at radius 1 is 1.41 bits per heavy atom. The lowest BCUT2D eigenvalue weighted by atomic mass is 10.3. The molecule has 1 aromatic carbocycles. The van der Waals surface area contributed by atoms with E-state index in [2.05, 4.69) is 10.4 Å². The zero-order valence-electron chi connectivity index (χ0n) is 9.97. The van der Waals surface area contributed by atoms with Gasteiger partial charge in [0.15, 0.2) is 5.82 Å². The molecule has 2 rings (SSSR count). The Morgan fingerprint density at radius 2 is 2.18 bits per heavy atom. The molecule has 0 spiro atoms. The predicted molar refractivity (Wildman–Crippen MR) is 68.5 cm³/mol. The fourth-order valence-electron chi connectivity index (χ4n) is 1.58. The summed E-state index contributed by atoms with van der Waals surface area (Å²) in [6, 6.07) is 7.70. The molecule has 0 unspecified atom stereocenters. The molecule has 0 aliphatic heterocycles. The monoisotopic (exact) mass is 232 g/mol. The van der Waals surface area contributed by atoms with Gasteiger partial charge < -0.3 is 15.8 Å². The molecule has 1 aromatic heterocycles. The second kappa shape index (κ2) is 4.78. The number of aryl methyl sites for hydroxylation is 1. The molecule has 0 aliphatic rings. The smallest absolute Gasteiger partial charge is 0.175 e. The number of para-hydroxylation sites is 2. The van der Waals surface area contributed by atoms with Crippen molar-refractivity contribution in [1.29, 1.82) is 0 Å². The highest BCUT2D eigenvalue weighted by Crippen LogP contribution is 2.28. The minimum atomic E-state index is 0.610. The van der Waals surface area contributed by atoms with E-state index in [9.17, 15) is 0 Å². The molecule has 17 heavy (non-hydrogen) atoms. The summed E-state index contributed by atoms with van der Waals surface area (Å²) in [4.78, 5) is 0. The Kier molecular flexibility index (Phi) is 3.18. The summed E-state index contributed by atoms with van der Waals surface area (Å²) in [7, 11) is 1.83. The topological polar surface area (TPSA) is 65.1 Å². The number of nitrogens with two attached hydrogens (primary N) is 1. The fourth-order valence-corrected chi connectivity index (χ4v) is 1.58. The van der Waals surface area contributed by atoms with Crippen molar-refractivity contribution in [2.24, 2.45) is 7.05 Å². The van der Waals surface area contributed by atoms with Crippen molar-refractivity contribution in [3.8, 4) is 5.75 Å². The van der Waals surface area contributed by atoms with Gasteiger partial charge in [0.2, 0.25) is 0 Å². The minimum absolute atomic E-state index is 0.610. The van der Waals surface area contributed by atoms with Gasteiger partial charge in [-0.2, -0.15) is 5.10 Å². The van der Waals surface area contributed by atoms with Gasteiger partial charge in [0.1, 0.15) is 5.75 Å². The predicted octanol–water partition coefficient (Wildman–Crippen LogP) is 2.14. The molecular formula is C12H16N4O. The van der Waals surface area contributed by atoms with Crippen LogP contribution in [0.1, 0.15) is 6.92 Å². The minimum Gasteiger partial charge on any atom is -0.492 e. The largest absolute Gasteiger partial charge is 0.492 e. The van der Waals surface area contributed by atoms with Gasteiger partial charge in [-0.1, -0.05) is 12.1 Å². The lowest BCUT2D eigenvalue weighted by molar-refractivity contribution is 0.342. The Bertz CT molecular complexity index is 507. The molecule has 90 valence electrons. The molecular weight excluding hydrogens is 216 g/mol. The zero-order valence-corrected chi connectivity index (χ0v) is 9.97. The number of nitrogens with one attached hydrogen (secondary N) is 1. The summed E-state index contributed by atoms with van der Waals surface area (Å²) in [6.45, 7) is 2.57. The van der Waals surface area contributed by atoms with Gasteiger partial charge >= 0.3 is 0 Å². The van der Waals surface area contributed by atoms with Crippen LogP contribution in [0, 0.1) is 0 Å². The number of benzene rings is 1. The normalized spacial score (nSPS) is 10.2. The van der Waals surface area contributed by atoms with Crippen LogP contribution in [0.2, 0.25) is 0 Å². The molecule has 0 atom stereocenters. The van der Waals surface area contributed by atoms with Gasteiger partial charge in [-0.3, -0.25) is 4.68 Å². The van der Waals surface area contributed by atoms with Crippen LogP contribution < -0.4 is 15.8 Å². The molecule has 0 saturated carbocycles. The Labute approximate surface area is 100 Å². The van der Waals surface area contributed by atoms with E-state index in [0.29, 0.717) is 18.1 Å². The third-order valence-electron chi connectivity index (χ3n) is 2.30. The highest BCUT2D eigenvalue weighted by atomic mass is 16.5. The Morgan fingerprint density at radius 3 is 2.82 bits per heavy atom. The number of hydrogen-bond acceptors (Lipinski definition) is 4. The molecule has 0 bridgehead atoms. The number of anilines is 3. The molecule has 3 N–H and O–H groups in total. The van der Waals surface area contributed by atoms with Crippen molar-refractivity contribution in [2.75, 3.05) is 17.7 Å². The first-order valence-corrected chi connectivity index (χ1v) is 5.48. The molecule has 0 aliphatic carbocycles. The van der Waals surface area contributed by atoms with Crippen LogP contribution in [-0.4, -0.2) is 16.4 Å². The number of nitrogens with zero attached hydrogens (tertiary/aromatic N) is 2. The second-order valence-electron chi connectivity index (χ2n) is 3.66. The first kappa shape index (κ1) is 11.3. The Hall–Kier alpha value is -2.17. The lowest BCUT2D eigenvalue weighted by Gasteiger charge is -2.10. The van der Waals surface area contributed by atoms with Crippen LogP contribution in [0.4, 0.5) is 17.2 Å². The van der Waals surface area contributed by atoms with Crippen molar-refractivity contribution < 1.29 is 4.74 Å². The van der Waals surface area contributed by atoms with Crippen molar-refractivity contribution in [3.05, 3.63) is 30.5 Å². The van der Waals surface area contributed by atoms with E-state index >= 15 is 0 Å². The number of ether oxygens (including phenoxy) is 1. The third kappa shape index (κ3) is 2.50. The quantitative estimate of drug-likeness (QED) is 0.847. The van der Waals surface area contributed by atoms with E-state index in [4.69, 9.17) is 10.5 Å². The number of nitrogen functional groups attached to an aromatic ring is 1. The van der Waals surface area contributed by atoms with Crippen molar-refractivity contribution in [3.63, 3.8) is 0 Å². The summed E-state index contributed by atoms with van der Waals surface area (Å²) >= 11 is 0. The van der Waals surface area contributed by atoms with Crippen molar-refractivity contribution >= 4 is 17.2 Å². The van der Waals surface area contributed by atoms with Crippen LogP contribution >= 0.6 is 0 Å². The summed E-state index contributed by atoms with van der Waals surface area (Å²) < 4.78 is 7.19. The number of hydrogen-bond donors (Lipinski definition) is 2. The molecule has 5 nitrogen and oxygen atoms in total. The summed E-state index contributed by atoms with van der Waals surface area (Å²) in [6.07, 6.45) is 1.76. The molecule has 1 heterocycles. The maximum Gasteiger partial charge on any atom is 0.175 e. The van der Waals surface area contributed by atoms with Crippen LogP contribution in [0.3, 0.4) is 0 Å². The van der Waals surface area contributed by atoms with Gasteiger partial charge in [-0.05, 0) is 19.1 Å². The van der Waals surface area contributed by atoms with E-state index in [1.165, 1.54) is 0 Å². The van der Waals surface area contributed by atoms with Gasteiger partial charge in [-0.25, -0.2) is 0 Å². The molecule has 0 fully saturated rings. The maximum absolute atomic E-state index is 5.83. The van der Waals surface area contributed by atoms with Gasteiger partial charge in [0, 0.05) is 13.2 Å². The summed E-state index contributed by atoms with van der Waals surface area (Å²) in [5, 5.41) is 7.40. The van der Waals surface area contributed by atoms with Crippen LogP contribution in [0.15, 0.2) is 30.5 Å². The number of aromatic nitrogens is 2. The maximum atomic E-state index is 5.83. The first-order chi connectivity index (χ1) is 8.20. The molecule has 0 saturated heterocycles. The van der Waals surface area contributed by atoms with Crippen molar-refractivity contribution in [1.82, 2.24) is 9.78 Å². The lowest BCUT2D eigenvalue weighted by Crippen LogP contribution is -2.00. The molecule has 2 aromatic rings. The summed E-state index contributed by atoms with van der Waals surface area (Å²) in [5.41, 5.74) is 7.30. The highest BCUT2D eigenvalue weighted by molar-refractivity contribution is 5.71. The van der Waals surface area contributed by atoms with E-state index < -0.39 is 0 Å². The van der Waals surface area contributed by atoms with E-state index in [0.717, 1.165) is 11.4 Å². The molecule has 0 radical (unpaired) electrons. The van der Waals surface area contributed by atoms with Gasteiger partial charge in [0.05, 0.1) is 18.0 Å². The van der Waals surface area contributed by atoms with E-state index in [-0.39, 0.29) is 0 Å². The van der Waals surface area contributed by atoms with Crippen LogP contribution in [0.5, 0.6) is 5.75 Å². The summed E-state index contributed by atoms with van der Waals surface area (Å²) in [5.74, 6) is 1.43. The second-order valence-corrected chi connectivity index (χ2v) is 3.66. The average Bonchev–Trinajstić information content (AvgIpc) is 2.61. The Balaban J connectivity index is 2.26. The van der Waals surface area contributed by atoms with Gasteiger partial charge in [-0.15, -0.1) is 0 Å². The van der Waals surface area contributed by atoms with Gasteiger partial charge in [0.25, 0.3) is 0 Å². The fraction of sp³-hybridized carbons (Fsp3) is 0.250.